The van der Waals surface area contributed by atoms with Crippen molar-refractivity contribution in [1.82, 2.24) is 10.2 Å². The molecule has 0 aromatic carbocycles. The van der Waals surface area contributed by atoms with E-state index in [1.165, 1.54) is 19.3 Å². The van der Waals surface area contributed by atoms with Gasteiger partial charge in [0, 0.05) is 19.1 Å². The summed E-state index contributed by atoms with van der Waals surface area (Å²) in [4.78, 5) is 12.5. The molecule has 0 saturated carbocycles. The first-order chi connectivity index (χ1) is 8.09. The highest BCUT2D eigenvalue weighted by Crippen LogP contribution is 2.15. The van der Waals surface area contributed by atoms with E-state index in [-0.39, 0.29) is 5.96 Å². The highest BCUT2D eigenvalue weighted by molar-refractivity contribution is 5.76. The quantitative estimate of drug-likeness (QED) is 0.239. The average molecular weight is 243 g/mol. The summed E-state index contributed by atoms with van der Waals surface area (Å²) < 4.78 is 0. The third-order valence-electron chi connectivity index (χ3n) is 3.06. The first-order valence-corrected chi connectivity index (χ1v) is 6.06. The molecule has 1 heterocycles. The minimum absolute atomic E-state index is 0.123. The minimum atomic E-state index is -0.797. The lowest BCUT2D eigenvalue weighted by atomic mass is 10.0. The van der Waals surface area contributed by atoms with Gasteiger partial charge in [0.05, 0.1) is 0 Å². The van der Waals surface area contributed by atoms with Crippen molar-refractivity contribution in [3.8, 4) is 0 Å². The standard InChI is InChI=1S/C10H21N5O2/c1-9-5-2-3-7-14(9)8-4-6-12-10(11)13-15(16)17/h9H,2-8H2,1H3,(H3,11,12,13)/t9-/m0/s1. The van der Waals surface area contributed by atoms with E-state index >= 15 is 0 Å². The van der Waals surface area contributed by atoms with Crippen molar-refractivity contribution in [3.63, 3.8) is 0 Å². The number of hydrogen-bond donors (Lipinski definition) is 2. The average Bonchev–Trinajstić information content (AvgIpc) is 2.25. The molecule has 1 fully saturated rings. The van der Waals surface area contributed by atoms with Crippen LogP contribution in [0.3, 0.4) is 0 Å². The number of piperidine rings is 1. The number of likely N-dealkylation sites (tertiary alicyclic amines) is 1. The molecule has 7 nitrogen and oxygen atoms in total. The predicted octanol–water partition coefficient (Wildman–Crippen LogP) is 0.347. The zero-order valence-electron chi connectivity index (χ0n) is 10.3. The van der Waals surface area contributed by atoms with Crippen LogP contribution in [-0.4, -0.2) is 41.6 Å². The predicted molar refractivity (Wildman–Crippen MR) is 66.1 cm³/mol. The molecule has 98 valence electrons. The highest BCUT2D eigenvalue weighted by atomic mass is 16.7. The van der Waals surface area contributed by atoms with Gasteiger partial charge in [0.1, 0.15) is 5.10 Å². The van der Waals surface area contributed by atoms with Crippen LogP contribution >= 0.6 is 0 Å². The summed E-state index contributed by atoms with van der Waals surface area (Å²) >= 11 is 0. The topological polar surface area (TPSA) is 96.8 Å². The summed E-state index contributed by atoms with van der Waals surface area (Å²) in [5.74, 6) is -0.123. The van der Waals surface area contributed by atoms with Crippen LogP contribution in [0.4, 0.5) is 0 Å². The molecule has 0 amide bonds. The molecule has 1 atom stereocenters. The van der Waals surface area contributed by atoms with Crippen LogP contribution in [-0.2, 0) is 0 Å². The Morgan fingerprint density at radius 3 is 3.06 bits per heavy atom. The summed E-state index contributed by atoms with van der Waals surface area (Å²) in [6, 6.07) is 0.647. The van der Waals surface area contributed by atoms with Crippen LogP contribution < -0.4 is 11.1 Å². The number of nitrogens with one attached hydrogen (secondary N) is 1. The van der Waals surface area contributed by atoms with Gasteiger partial charge in [0.2, 0.25) is 0 Å². The lowest BCUT2D eigenvalue weighted by Gasteiger charge is -2.33. The monoisotopic (exact) mass is 243 g/mol. The van der Waals surface area contributed by atoms with Crippen LogP contribution in [0.25, 0.3) is 0 Å². The van der Waals surface area contributed by atoms with E-state index in [1.54, 1.807) is 0 Å². The van der Waals surface area contributed by atoms with Crippen molar-refractivity contribution in [1.29, 1.82) is 0 Å². The summed E-state index contributed by atoms with van der Waals surface area (Å²) in [7, 11) is 0. The van der Waals surface area contributed by atoms with Gasteiger partial charge in [-0.3, -0.25) is 0 Å². The summed E-state index contributed by atoms with van der Waals surface area (Å²) in [5, 5.41) is 14.9. The van der Waals surface area contributed by atoms with Crippen molar-refractivity contribution in [3.05, 3.63) is 10.1 Å². The second kappa shape index (κ2) is 7.05. The van der Waals surface area contributed by atoms with E-state index in [9.17, 15) is 10.1 Å². The molecular formula is C10H21N5O2. The number of nitrogens with zero attached hydrogens (tertiary/aromatic N) is 3. The van der Waals surface area contributed by atoms with E-state index in [4.69, 9.17) is 5.73 Å². The first-order valence-electron chi connectivity index (χ1n) is 6.06. The lowest BCUT2D eigenvalue weighted by Crippen LogP contribution is -2.40. The van der Waals surface area contributed by atoms with E-state index in [1.807, 2.05) is 0 Å². The highest BCUT2D eigenvalue weighted by Gasteiger charge is 2.16. The third-order valence-corrected chi connectivity index (χ3v) is 3.06. The van der Waals surface area contributed by atoms with Gasteiger partial charge >= 0.3 is 0 Å². The van der Waals surface area contributed by atoms with Crippen molar-refractivity contribution >= 4 is 5.96 Å². The molecule has 0 aromatic heterocycles. The Balaban J connectivity index is 2.13. The molecule has 17 heavy (non-hydrogen) atoms. The summed E-state index contributed by atoms with van der Waals surface area (Å²) in [6.07, 6.45) is 4.76. The molecule has 7 heteroatoms. The molecule has 0 aliphatic carbocycles. The second-order valence-corrected chi connectivity index (χ2v) is 4.38. The van der Waals surface area contributed by atoms with Gasteiger partial charge in [-0.15, -0.1) is 0 Å². The Kier molecular flexibility index (Phi) is 5.68. The molecule has 0 bridgehead atoms. The van der Waals surface area contributed by atoms with E-state index in [2.05, 4.69) is 22.2 Å². The Bertz CT molecular complexity index is 282. The third kappa shape index (κ3) is 5.48. The van der Waals surface area contributed by atoms with Crippen molar-refractivity contribution in [2.75, 3.05) is 19.6 Å². The molecule has 0 radical (unpaired) electrons. The lowest BCUT2D eigenvalue weighted by molar-refractivity contribution is -0.485. The van der Waals surface area contributed by atoms with Crippen LogP contribution in [0.2, 0.25) is 0 Å². The number of hydrogen-bond acceptors (Lipinski definition) is 3. The van der Waals surface area contributed by atoms with Crippen molar-refractivity contribution in [2.24, 2.45) is 10.8 Å². The maximum absolute atomic E-state index is 10.0. The van der Waals surface area contributed by atoms with Gasteiger partial charge in [-0.2, -0.15) is 0 Å². The fourth-order valence-electron chi connectivity index (χ4n) is 2.11. The molecule has 1 rings (SSSR count). The van der Waals surface area contributed by atoms with E-state index < -0.39 is 5.03 Å². The molecule has 1 aliphatic rings. The number of nitro groups is 1. The van der Waals surface area contributed by atoms with E-state index in [0.717, 1.165) is 19.5 Å². The number of guanidine groups is 1. The fourth-order valence-corrected chi connectivity index (χ4v) is 2.11. The van der Waals surface area contributed by atoms with Crippen molar-refractivity contribution < 1.29 is 5.03 Å². The van der Waals surface area contributed by atoms with Crippen LogP contribution in [0, 0.1) is 10.1 Å². The maximum Gasteiger partial charge on any atom is 0.266 e. The van der Waals surface area contributed by atoms with Gasteiger partial charge in [0.15, 0.2) is 5.03 Å². The van der Waals surface area contributed by atoms with Crippen molar-refractivity contribution in [2.45, 2.75) is 38.6 Å². The largest absolute Gasteiger partial charge is 0.365 e. The molecule has 1 saturated heterocycles. The fraction of sp³-hybridized carbons (Fsp3) is 0.900. The van der Waals surface area contributed by atoms with Crippen LogP contribution in [0.1, 0.15) is 32.6 Å². The zero-order valence-corrected chi connectivity index (χ0v) is 10.3. The SMILES string of the molecule is C[C@H]1CCCCN1CCCN/C(N)=N\[N+](=O)[O-]. The molecule has 0 aromatic rings. The normalized spacial score (nSPS) is 22.4. The summed E-state index contributed by atoms with van der Waals surface area (Å²) in [6.45, 7) is 5.01. The smallest absolute Gasteiger partial charge is 0.266 e. The first kappa shape index (κ1) is 13.7. The Morgan fingerprint density at radius 2 is 2.41 bits per heavy atom. The number of rotatable bonds is 5. The Morgan fingerprint density at radius 1 is 1.65 bits per heavy atom. The molecule has 3 N–H and O–H groups in total. The van der Waals surface area contributed by atoms with Gasteiger partial charge in [0.25, 0.3) is 5.96 Å². The molecule has 1 aliphatic heterocycles. The Labute approximate surface area is 101 Å². The van der Waals surface area contributed by atoms with Crippen LogP contribution in [0.5, 0.6) is 0 Å². The second-order valence-electron chi connectivity index (χ2n) is 4.38. The van der Waals surface area contributed by atoms with Gasteiger partial charge < -0.3 is 16.0 Å². The molecule has 0 unspecified atom stereocenters. The van der Waals surface area contributed by atoms with Crippen LogP contribution in [0.15, 0.2) is 5.10 Å². The number of hydrazone groups is 1. The minimum Gasteiger partial charge on any atom is -0.365 e. The van der Waals surface area contributed by atoms with Gasteiger partial charge in [-0.1, -0.05) is 6.42 Å². The molecule has 0 spiro atoms. The molecular weight excluding hydrogens is 222 g/mol. The number of nitrogens with two attached hydrogens (primary N) is 1. The van der Waals surface area contributed by atoms with Gasteiger partial charge in [-0.05, 0) is 32.7 Å². The zero-order chi connectivity index (χ0) is 12.7. The Hall–Kier alpha value is -1.37. The summed E-state index contributed by atoms with van der Waals surface area (Å²) in [5.41, 5.74) is 5.30. The van der Waals surface area contributed by atoms with E-state index in [0.29, 0.717) is 12.6 Å². The van der Waals surface area contributed by atoms with Gasteiger partial charge in [-0.25, -0.2) is 10.1 Å². The maximum atomic E-state index is 10.0.